The van der Waals surface area contributed by atoms with Crippen LogP contribution in [0.1, 0.15) is 80.6 Å². The molecule has 1 amide bonds. The van der Waals surface area contributed by atoms with Gasteiger partial charge in [-0.25, -0.2) is 4.79 Å². The number of nitrogens with zero attached hydrogens (tertiary/aromatic N) is 5. The maximum Gasteiger partial charge on any atom is 0.410 e. The summed E-state index contributed by atoms with van der Waals surface area (Å²) < 4.78 is 30.9. The van der Waals surface area contributed by atoms with Crippen molar-refractivity contribution in [3.05, 3.63) is 10.4 Å². The number of fused-ring (bicyclic) bond motifs is 1. The smallest absolute Gasteiger partial charge is 0.410 e. The second kappa shape index (κ2) is 17.6. The molecule has 0 radical (unpaired) electrons. The number of aliphatic hydroxyl groups is 1. The number of ketones is 1. The van der Waals surface area contributed by atoms with Crippen LogP contribution < -0.4 is 5.32 Å². The van der Waals surface area contributed by atoms with E-state index in [1.807, 2.05) is 39.8 Å². The van der Waals surface area contributed by atoms with Crippen LogP contribution in [0.15, 0.2) is 5.11 Å². The van der Waals surface area contributed by atoms with Crippen LogP contribution in [0.4, 0.5) is 4.79 Å². The van der Waals surface area contributed by atoms with E-state index in [1.165, 1.54) is 6.92 Å². The topological polar surface area (TPSA) is 185 Å². The zero-order valence-corrected chi connectivity index (χ0v) is 31.1. The summed E-state index contributed by atoms with van der Waals surface area (Å²) in [4.78, 5) is 47.6. The van der Waals surface area contributed by atoms with E-state index >= 15 is 0 Å². The van der Waals surface area contributed by atoms with E-state index in [2.05, 4.69) is 22.3 Å². The third-order valence-corrected chi connectivity index (χ3v) is 10.7. The minimum Gasteiger partial charge on any atom is -0.458 e. The Hall–Kier alpha value is -2.52. The fourth-order valence-corrected chi connectivity index (χ4v) is 7.74. The van der Waals surface area contributed by atoms with Crippen LogP contribution >= 0.6 is 0 Å². The number of ether oxygens (including phenoxy) is 5. The van der Waals surface area contributed by atoms with Crippen LogP contribution in [0.5, 0.6) is 0 Å². The van der Waals surface area contributed by atoms with E-state index in [9.17, 15) is 19.5 Å². The molecule has 15 nitrogen and oxygen atoms in total. The molecule has 3 saturated heterocycles. The summed E-state index contributed by atoms with van der Waals surface area (Å²) >= 11 is 0. The Morgan fingerprint density at radius 1 is 1.14 bits per heavy atom. The summed E-state index contributed by atoms with van der Waals surface area (Å²) in [5, 5.41) is 18.4. The molecule has 3 unspecified atom stereocenters. The van der Waals surface area contributed by atoms with Gasteiger partial charge in [0.25, 0.3) is 0 Å². The average Bonchev–Trinajstić information content (AvgIpc) is 3.30. The number of azide groups is 1. The van der Waals surface area contributed by atoms with Crippen molar-refractivity contribution in [2.24, 2.45) is 22.9 Å². The fraction of sp³-hybridized carbons (Fsp3) is 0.912. The third-order valence-electron chi connectivity index (χ3n) is 10.7. The average molecular weight is 697 g/mol. The van der Waals surface area contributed by atoms with Crippen LogP contribution in [0, 0.1) is 17.8 Å². The van der Waals surface area contributed by atoms with E-state index in [0.717, 1.165) is 0 Å². The number of esters is 1. The van der Waals surface area contributed by atoms with Crippen LogP contribution in [0.3, 0.4) is 0 Å². The fourth-order valence-electron chi connectivity index (χ4n) is 7.74. The number of carbonyl (C=O) groups excluding carboxylic acids is 3. The first-order chi connectivity index (χ1) is 23.0. The molecule has 49 heavy (non-hydrogen) atoms. The number of Topliss-reactive ketones (excluding diaryl/α,β-unsaturated/α-hetero) is 1. The van der Waals surface area contributed by atoms with Crippen molar-refractivity contribution in [3.8, 4) is 0 Å². The first-order valence-corrected chi connectivity index (χ1v) is 17.7. The van der Waals surface area contributed by atoms with Crippen molar-refractivity contribution in [1.82, 2.24) is 15.1 Å². The summed E-state index contributed by atoms with van der Waals surface area (Å²) in [5.74, 6) is -3.14. The molecular weight excluding hydrogens is 636 g/mol. The SMILES string of the molecule is CC[C@H]1OC(=O)[C@H](C)C(=O)[C@H](C)[C@@H](O[C@@H]2OC(C)CC(N(C)C)C2O)[C@](C)(OC)C[C@@H](C)CNC[C@H]2N(CCCCN=[N+]=[N-])C(=O)O[C@]12C. The van der Waals surface area contributed by atoms with Gasteiger partial charge in [0, 0.05) is 43.6 Å². The highest BCUT2D eigenvalue weighted by atomic mass is 16.7. The number of rotatable bonds is 10. The highest BCUT2D eigenvalue weighted by Crippen LogP contribution is 2.39. The van der Waals surface area contributed by atoms with E-state index in [-0.39, 0.29) is 18.1 Å². The molecule has 0 aromatic carbocycles. The zero-order chi connectivity index (χ0) is 36.7. The summed E-state index contributed by atoms with van der Waals surface area (Å²) in [5.41, 5.74) is 6.39. The molecule has 15 heteroatoms. The van der Waals surface area contributed by atoms with Crippen molar-refractivity contribution >= 4 is 17.8 Å². The quantitative estimate of drug-likeness (QED) is 0.0848. The molecular formula is C34H60N6O9. The standard InChI is InChI=1S/C34H60N6O9/c1-11-26-34(7)25(40(32(44)49-34)15-13-12-14-37-38-35)19-36-18-20(2)17-33(6,45-10)29(22(4)27(41)23(5)30(43)47-26)48-31-28(42)24(39(8)9)16-21(3)46-31/h20-26,28-29,31,36,42H,11-19H2,1-10H3/t20-,21?,22+,23-,24?,25-,26-,28?,29-,31+,33-,34+/m1/s1. The van der Waals surface area contributed by atoms with Gasteiger partial charge in [0.15, 0.2) is 17.7 Å². The number of likely N-dealkylation sites (N-methyl/N-ethyl adjacent to an activating group) is 1. The molecule has 0 aromatic heterocycles. The Labute approximate surface area is 291 Å². The van der Waals surface area contributed by atoms with E-state index in [4.69, 9.17) is 29.2 Å². The lowest BCUT2D eigenvalue weighted by Crippen LogP contribution is -2.59. The first-order valence-electron chi connectivity index (χ1n) is 17.7. The van der Waals surface area contributed by atoms with Gasteiger partial charge in [-0.1, -0.05) is 25.9 Å². The highest BCUT2D eigenvalue weighted by Gasteiger charge is 2.57. The maximum absolute atomic E-state index is 14.2. The van der Waals surface area contributed by atoms with Crippen molar-refractivity contribution in [1.29, 1.82) is 0 Å². The minimum absolute atomic E-state index is 0.00738. The largest absolute Gasteiger partial charge is 0.458 e. The van der Waals surface area contributed by atoms with E-state index in [1.54, 1.807) is 25.9 Å². The van der Waals surface area contributed by atoms with Crippen LogP contribution in [-0.2, 0) is 33.3 Å². The van der Waals surface area contributed by atoms with Gasteiger partial charge < -0.3 is 39.0 Å². The number of amides is 1. The molecule has 0 saturated carbocycles. The van der Waals surface area contributed by atoms with Gasteiger partial charge in [0.05, 0.1) is 23.9 Å². The lowest BCUT2D eigenvalue weighted by atomic mass is 9.78. The number of nitrogens with one attached hydrogen (secondary N) is 1. The van der Waals surface area contributed by atoms with Crippen molar-refractivity contribution < 1.29 is 43.2 Å². The summed E-state index contributed by atoms with van der Waals surface area (Å²) in [6, 6.07) is -0.708. The van der Waals surface area contributed by atoms with Crippen molar-refractivity contribution in [2.75, 3.05) is 47.4 Å². The Balaban J connectivity index is 1.98. The zero-order valence-electron chi connectivity index (χ0n) is 31.1. The molecule has 0 bridgehead atoms. The molecule has 3 heterocycles. The maximum atomic E-state index is 14.2. The van der Waals surface area contributed by atoms with Gasteiger partial charge in [0.1, 0.15) is 18.1 Å². The van der Waals surface area contributed by atoms with Crippen LogP contribution in [-0.4, -0.2) is 134 Å². The van der Waals surface area contributed by atoms with Gasteiger partial charge in [-0.05, 0) is 91.9 Å². The Bertz CT molecular complexity index is 1190. The molecule has 3 fully saturated rings. The second-order valence-corrected chi connectivity index (χ2v) is 14.8. The van der Waals surface area contributed by atoms with Gasteiger partial charge in [0.2, 0.25) is 0 Å². The Kier molecular flexibility index (Phi) is 14.7. The van der Waals surface area contributed by atoms with Gasteiger partial charge in [-0.3, -0.25) is 14.5 Å². The third kappa shape index (κ3) is 9.43. The second-order valence-electron chi connectivity index (χ2n) is 14.8. The number of methoxy groups -OCH3 is 1. The number of unbranched alkanes of at least 4 members (excludes halogenated alkanes) is 1. The summed E-state index contributed by atoms with van der Waals surface area (Å²) in [6.45, 7) is 14.3. The molecule has 0 spiro atoms. The molecule has 3 aliphatic rings. The predicted octanol–water partition coefficient (Wildman–Crippen LogP) is 3.67. The summed E-state index contributed by atoms with van der Waals surface area (Å²) in [6.07, 6.45) is -1.82. The molecule has 2 N–H and O–H groups in total. The molecule has 3 rings (SSSR count). The number of aliphatic hydroxyl groups excluding tert-OH is 1. The normalized spacial score (nSPS) is 39.8. The van der Waals surface area contributed by atoms with Gasteiger partial charge in [-0.15, -0.1) is 0 Å². The van der Waals surface area contributed by atoms with Gasteiger partial charge in [-0.2, -0.15) is 0 Å². The summed E-state index contributed by atoms with van der Waals surface area (Å²) in [7, 11) is 5.36. The van der Waals surface area contributed by atoms with Crippen molar-refractivity contribution in [2.45, 2.75) is 135 Å². The number of hydrogen-bond donors (Lipinski definition) is 2. The highest BCUT2D eigenvalue weighted by molar-refractivity contribution is 6.00. The Morgan fingerprint density at radius 3 is 2.45 bits per heavy atom. The molecule has 12 atom stereocenters. The minimum atomic E-state index is -1.20. The Morgan fingerprint density at radius 2 is 1.84 bits per heavy atom. The van der Waals surface area contributed by atoms with Crippen molar-refractivity contribution in [3.63, 3.8) is 0 Å². The molecule has 0 aliphatic carbocycles. The van der Waals surface area contributed by atoms with E-state index in [0.29, 0.717) is 58.3 Å². The van der Waals surface area contributed by atoms with Gasteiger partial charge >= 0.3 is 12.1 Å². The number of carbonyl (C=O) groups is 3. The van der Waals surface area contributed by atoms with E-state index < -0.39 is 71.5 Å². The number of cyclic esters (lactones) is 1. The first kappa shape index (κ1) is 40.9. The predicted molar refractivity (Wildman–Crippen MR) is 182 cm³/mol. The van der Waals surface area contributed by atoms with Crippen LogP contribution in [0.25, 0.3) is 10.4 Å². The lowest BCUT2D eigenvalue weighted by molar-refractivity contribution is -0.295. The van der Waals surface area contributed by atoms with Crippen LogP contribution in [0.2, 0.25) is 0 Å². The monoisotopic (exact) mass is 696 g/mol. The lowest BCUT2D eigenvalue weighted by Gasteiger charge is -2.46. The number of hydrogen-bond acceptors (Lipinski definition) is 12. The molecule has 3 aliphatic heterocycles. The molecule has 280 valence electrons. The molecule has 0 aromatic rings.